The molecule has 0 spiro atoms. The normalized spacial score (nSPS) is 12.8. The molecule has 0 unspecified atom stereocenters. The Morgan fingerprint density at radius 3 is 2.35 bits per heavy atom. The molecule has 140 valence electrons. The maximum absolute atomic E-state index is 12.6. The van der Waals surface area contributed by atoms with Gasteiger partial charge in [0.1, 0.15) is 0 Å². The van der Waals surface area contributed by atoms with Gasteiger partial charge in [-0.2, -0.15) is 26.7 Å². The van der Waals surface area contributed by atoms with E-state index in [1.54, 1.807) is 31.3 Å². The van der Waals surface area contributed by atoms with Crippen LogP contribution in [0.5, 0.6) is 0 Å². The summed E-state index contributed by atoms with van der Waals surface area (Å²) in [5, 5.41) is 6.03. The Morgan fingerprint density at radius 2 is 1.77 bits per heavy atom. The van der Waals surface area contributed by atoms with Crippen LogP contribution in [0, 0.1) is 0 Å². The second-order valence-electron chi connectivity index (χ2n) is 5.29. The number of sulfonamides is 1. The Bertz CT molecular complexity index is 916. The average Bonchev–Trinajstić information content (AvgIpc) is 2.56. The minimum Gasteiger partial charge on any atom is -0.275 e. The number of hydrazone groups is 1. The highest BCUT2D eigenvalue weighted by Crippen LogP contribution is 2.29. The van der Waals surface area contributed by atoms with E-state index < -0.39 is 15.5 Å². The Labute approximate surface area is 154 Å². The van der Waals surface area contributed by atoms with Crippen molar-refractivity contribution < 1.29 is 21.6 Å². The van der Waals surface area contributed by atoms with Crippen molar-refractivity contribution in [2.45, 2.75) is 12.4 Å². The van der Waals surface area contributed by atoms with E-state index >= 15 is 0 Å². The van der Waals surface area contributed by atoms with Crippen molar-refractivity contribution in [1.29, 1.82) is 0 Å². The van der Waals surface area contributed by atoms with Gasteiger partial charge in [-0.05, 0) is 37.3 Å². The molecule has 0 aliphatic rings. The maximum Gasteiger partial charge on any atom is 0.516 e. The summed E-state index contributed by atoms with van der Waals surface area (Å²) in [5.41, 5.74) is -4.55. The zero-order valence-electron chi connectivity index (χ0n) is 13.7. The van der Waals surface area contributed by atoms with E-state index in [1.807, 2.05) is 6.07 Å². The van der Waals surface area contributed by atoms with Gasteiger partial charge >= 0.3 is 15.5 Å². The molecule has 0 saturated carbocycles. The summed E-state index contributed by atoms with van der Waals surface area (Å²) in [6.07, 6.45) is 0. The summed E-state index contributed by atoms with van der Waals surface area (Å²) in [4.78, 5) is 0. The SMILES string of the molecule is C/C(=N\N(C)c1ccccc1)c1cc(Cl)ccc1NS(=O)(=O)C(F)(F)F. The number of para-hydroxylation sites is 1. The Morgan fingerprint density at radius 1 is 1.15 bits per heavy atom. The zero-order chi connectivity index (χ0) is 19.5. The fraction of sp³-hybridized carbons (Fsp3) is 0.188. The third-order valence-electron chi connectivity index (χ3n) is 3.35. The van der Waals surface area contributed by atoms with E-state index in [4.69, 9.17) is 11.6 Å². The number of rotatable bonds is 5. The highest BCUT2D eigenvalue weighted by molar-refractivity contribution is 7.93. The fourth-order valence-corrected chi connectivity index (χ4v) is 2.84. The molecular weight excluding hydrogens is 391 g/mol. The van der Waals surface area contributed by atoms with Crippen molar-refractivity contribution in [1.82, 2.24) is 0 Å². The lowest BCUT2D eigenvalue weighted by molar-refractivity contribution is -0.0429. The minimum absolute atomic E-state index is 0.133. The van der Waals surface area contributed by atoms with Gasteiger partial charge in [0.05, 0.1) is 17.1 Å². The van der Waals surface area contributed by atoms with Crippen molar-refractivity contribution in [3.63, 3.8) is 0 Å². The first-order valence-electron chi connectivity index (χ1n) is 7.24. The second kappa shape index (κ2) is 7.55. The van der Waals surface area contributed by atoms with Gasteiger partial charge < -0.3 is 0 Å². The summed E-state index contributed by atoms with van der Waals surface area (Å²) in [7, 11) is -3.91. The van der Waals surface area contributed by atoms with Crippen molar-refractivity contribution >= 4 is 38.7 Å². The van der Waals surface area contributed by atoms with Gasteiger partial charge in [-0.25, -0.2) is 0 Å². The number of hydrogen-bond donors (Lipinski definition) is 1. The van der Waals surface area contributed by atoms with E-state index in [2.05, 4.69) is 5.10 Å². The van der Waals surface area contributed by atoms with Crippen LogP contribution in [-0.4, -0.2) is 26.7 Å². The smallest absolute Gasteiger partial charge is 0.275 e. The lowest BCUT2D eigenvalue weighted by Gasteiger charge is -2.17. The Hall–Kier alpha value is -2.26. The molecule has 0 saturated heterocycles. The monoisotopic (exact) mass is 405 g/mol. The number of halogens is 4. The zero-order valence-corrected chi connectivity index (χ0v) is 15.3. The molecule has 0 bridgehead atoms. The Kier molecular flexibility index (Phi) is 5.82. The largest absolute Gasteiger partial charge is 0.516 e. The molecule has 0 heterocycles. The van der Waals surface area contributed by atoms with Crippen LogP contribution >= 0.6 is 11.6 Å². The highest BCUT2D eigenvalue weighted by Gasteiger charge is 2.46. The van der Waals surface area contributed by atoms with E-state index in [0.717, 1.165) is 11.8 Å². The lowest BCUT2D eigenvalue weighted by atomic mass is 10.1. The van der Waals surface area contributed by atoms with Crippen LogP contribution in [0.4, 0.5) is 24.5 Å². The molecule has 10 heteroatoms. The van der Waals surface area contributed by atoms with Gasteiger partial charge in [-0.1, -0.05) is 29.8 Å². The molecular formula is C16H15ClF3N3O2S. The number of anilines is 2. The van der Waals surface area contributed by atoms with E-state index in [9.17, 15) is 21.6 Å². The predicted octanol–water partition coefficient (Wildman–Crippen LogP) is 4.46. The van der Waals surface area contributed by atoms with Crippen LogP contribution in [-0.2, 0) is 10.0 Å². The van der Waals surface area contributed by atoms with Crippen LogP contribution in [0.3, 0.4) is 0 Å². The molecule has 0 atom stereocenters. The van der Waals surface area contributed by atoms with Crippen LogP contribution in [0.15, 0.2) is 53.6 Å². The number of alkyl halides is 3. The number of nitrogens with zero attached hydrogens (tertiary/aromatic N) is 2. The van der Waals surface area contributed by atoms with Gasteiger partial charge in [-0.15, -0.1) is 0 Å². The van der Waals surface area contributed by atoms with Crippen LogP contribution in [0.1, 0.15) is 12.5 Å². The lowest BCUT2D eigenvalue weighted by Crippen LogP contribution is -2.30. The topological polar surface area (TPSA) is 61.8 Å². The average molecular weight is 406 g/mol. The molecule has 2 rings (SSSR count). The highest BCUT2D eigenvalue weighted by atomic mass is 35.5. The fourth-order valence-electron chi connectivity index (χ4n) is 2.09. The standard InChI is InChI=1S/C16H15ClF3N3O2S/c1-11(21-23(2)13-6-4-3-5-7-13)14-10-12(17)8-9-15(14)22-26(24,25)16(18,19)20/h3-10,22H,1-2H3/b21-11+. The summed E-state index contributed by atoms with van der Waals surface area (Å²) in [6.45, 7) is 1.54. The molecule has 0 aromatic heterocycles. The Balaban J connectivity index is 2.42. The molecule has 2 aromatic rings. The van der Waals surface area contributed by atoms with Gasteiger partial charge in [0.25, 0.3) is 0 Å². The van der Waals surface area contributed by atoms with Crippen molar-refractivity contribution in [3.8, 4) is 0 Å². The van der Waals surface area contributed by atoms with Crippen LogP contribution < -0.4 is 9.73 Å². The first-order valence-corrected chi connectivity index (χ1v) is 9.10. The van der Waals surface area contributed by atoms with E-state index in [1.165, 1.54) is 28.8 Å². The minimum atomic E-state index is -5.56. The second-order valence-corrected chi connectivity index (χ2v) is 7.40. The third-order valence-corrected chi connectivity index (χ3v) is 4.68. The van der Waals surface area contributed by atoms with Crippen molar-refractivity contribution in [2.75, 3.05) is 16.8 Å². The molecule has 0 amide bonds. The molecule has 26 heavy (non-hydrogen) atoms. The number of hydrogen-bond acceptors (Lipinski definition) is 4. The van der Waals surface area contributed by atoms with E-state index in [0.29, 0.717) is 0 Å². The number of benzene rings is 2. The van der Waals surface area contributed by atoms with Gasteiger partial charge in [0.15, 0.2) is 0 Å². The van der Waals surface area contributed by atoms with Crippen molar-refractivity contribution in [3.05, 3.63) is 59.1 Å². The molecule has 2 aromatic carbocycles. The third kappa shape index (κ3) is 4.67. The molecule has 0 aliphatic carbocycles. The quantitative estimate of drug-likeness (QED) is 0.590. The summed E-state index contributed by atoms with van der Waals surface area (Å²) >= 11 is 5.91. The summed E-state index contributed by atoms with van der Waals surface area (Å²) in [5.74, 6) is 0. The molecule has 5 nitrogen and oxygen atoms in total. The maximum atomic E-state index is 12.6. The van der Waals surface area contributed by atoms with Gasteiger partial charge in [0, 0.05) is 17.6 Å². The van der Waals surface area contributed by atoms with E-state index in [-0.39, 0.29) is 22.0 Å². The predicted molar refractivity (Wildman–Crippen MR) is 97.1 cm³/mol. The number of nitrogens with one attached hydrogen (secondary N) is 1. The summed E-state index contributed by atoms with van der Waals surface area (Å²) in [6, 6.07) is 12.8. The molecule has 0 aliphatic heterocycles. The molecule has 0 fully saturated rings. The van der Waals surface area contributed by atoms with Crippen LogP contribution in [0.25, 0.3) is 0 Å². The van der Waals surface area contributed by atoms with Crippen LogP contribution in [0.2, 0.25) is 5.02 Å². The summed E-state index contributed by atoms with van der Waals surface area (Å²) < 4.78 is 62.3. The molecule has 1 N–H and O–H groups in total. The first-order chi connectivity index (χ1) is 12.0. The van der Waals surface area contributed by atoms with Gasteiger partial charge in [-0.3, -0.25) is 9.73 Å². The molecule has 0 radical (unpaired) electrons. The van der Waals surface area contributed by atoms with Gasteiger partial charge in [0.2, 0.25) is 0 Å². The van der Waals surface area contributed by atoms with Crippen molar-refractivity contribution in [2.24, 2.45) is 5.10 Å². The first kappa shape index (κ1) is 20.1.